The number of allylic oxidation sites excluding steroid dienone is 6. The molecule has 0 radical (unpaired) electrons. The summed E-state index contributed by atoms with van der Waals surface area (Å²) in [4.78, 5) is 35.7. The standard InChI is InChI=1S/C48H87O13P/c1-3-5-7-9-11-13-15-17-19-20-21-22-23-25-26-28-30-32-34-36-41(49)58-38-40(39-59-62(56,57)61-48-46(54)44(52)43(51)45(53)47(48)55)60-42(50)37-35-33-31-29-27-24-18-16-14-12-10-8-6-4-2/h10,12,16-19,40,43-48,51-55H,3-9,11,13-15,20-39H2,1-2H3,(H,56,57)/b12-10+,18-16+,19-17+/t40-,43?,44-,45?,46?,47?,48?/m0/s1. The number of phosphoric ester groups is 1. The third-order valence-corrected chi connectivity index (χ3v) is 12.2. The largest absolute Gasteiger partial charge is 0.472 e. The highest BCUT2D eigenvalue weighted by Crippen LogP contribution is 2.47. The average molecular weight is 903 g/mol. The van der Waals surface area contributed by atoms with Gasteiger partial charge in [0.25, 0.3) is 0 Å². The van der Waals surface area contributed by atoms with Crippen LogP contribution in [-0.2, 0) is 32.7 Å². The third kappa shape index (κ3) is 30.3. The Kier molecular flexibility index (Phi) is 35.9. The summed E-state index contributed by atoms with van der Waals surface area (Å²) in [6.07, 6.45) is 30.5. The molecule has 0 bridgehead atoms. The molecule has 13 nitrogen and oxygen atoms in total. The molecule has 8 atom stereocenters. The number of aliphatic hydroxyl groups is 5. The van der Waals surface area contributed by atoms with E-state index in [-0.39, 0.29) is 12.8 Å². The van der Waals surface area contributed by atoms with Crippen LogP contribution in [0, 0.1) is 0 Å². The summed E-state index contributed by atoms with van der Waals surface area (Å²) >= 11 is 0. The molecule has 0 aliphatic heterocycles. The molecule has 6 unspecified atom stereocenters. The Bertz CT molecular complexity index is 1230. The zero-order chi connectivity index (χ0) is 45.7. The highest BCUT2D eigenvalue weighted by atomic mass is 31.2. The van der Waals surface area contributed by atoms with Crippen LogP contribution in [0.5, 0.6) is 0 Å². The molecule has 0 aromatic rings. The van der Waals surface area contributed by atoms with E-state index in [4.69, 9.17) is 18.5 Å². The summed E-state index contributed by atoms with van der Waals surface area (Å²) in [5, 5.41) is 50.2. The van der Waals surface area contributed by atoms with E-state index in [1.165, 1.54) is 89.9 Å². The van der Waals surface area contributed by atoms with Crippen LogP contribution in [-0.4, -0.2) is 98.3 Å². The van der Waals surface area contributed by atoms with Crippen molar-refractivity contribution in [3.05, 3.63) is 36.5 Å². The van der Waals surface area contributed by atoms with Crippen molar-refractivity contribution in [1.82, 2.24) is 0 Å². The van der Waals surface area contributed by atoms with Crippen LogP contribution in [0.1, 0.15) is 200 Å². The Morgan fingerprint density at radius 2 is 0.887 bits per heavy atom. The second-order valence-corrected chi connectivity index (χ2v) is 18.4. The van der Waals surface area contributed by atoms with Gasteiger partial charge in [-0.05, 0) is 64.2 Å². The van der Waals surface area contributed by atoms with Crippen molar-refractivity contribution in [2.75, 3.05) is 13.2 Å². The molecule has 1 fully saturated rings. The number of hydrogen-bond donors (Lipinski definition) is 6. The summed E-state index contributed by atoms with van der Waals surface area (Å²) < 4.78 is 33.5. The lowest BCUT2D eigenvalue weighted by Gasteiger charge is -2.41. The summed E-state index contributed by atoms with van der Waals surface area (Å²) in [6, 6.07) is 0. The van der Waals surface area contributed by atoms with Crippen molar-refractivity contribution in [3.63, 3.8) is 0 Å². The first-order valence-corrected chi connectivity index (χ1v) is 25.8. The quantitative estimate of drug-likeness (QED) is 0.0147. The normalized spacial score (nSPS) is 22.1. The fraction of sp³-hybridized carbons (Fsp3) is 0.833. The zero-order valence-corrected chi connectivity index (χ0v) is 39.3. The van der Waals surface area contributed by atoms with Gasteiger partial charge in [0.1, 0.15) is 43.2 Å². The maximum atomic E-state index is 12.8. The number of hydrogen-bond acceptors (Lipinski definition) is 12. The van der Waals surface area contributed by atoms with Crippen LogP contribution >= 0.6 is 7.82 Å². The van der Waals surface area contributed by atoms with Gasteiger partial charge in [0.2, 0.25) is 0 Å². The van der Waals surface area contributed by atoms with Gasteiger partial charge in [-0.15, -0.1) is 0 Å². The molecule has 1 saturated carbocycles. The second-order valence-electron chi connectivity index (χ2n) is 17.0. The van der Waals surface area contributed by atoms with Gasteiger partial charge in [0, 0.05) is 12.8 Å². The van der Waals surface area contributed by atoms with E-state index in [2.05, 4.69) is 50.3 Å². The predicted molar refractivity (Wildman–Crippen MR) is 244 cm³/mol. The van der Waals surface area contributed by atoms with Crippen molar-refractivity contribution in [1.29, 1.82) is 0 Å². The lowest BCUT2D eigenvalue weighted by Crippen LogP contribution is -2.64. The Hall–Kier alpha value is -1.93. The highest BCUT2D eigenvalue weighted by molar-refractivity contribution is 7.47. The number of rotatable bonds is 40. The minimum absolute atomic E-state index is 0.0806. The summed E-state index contributed by atoms with van der Waals surface area (Å²) in [6.45, 7) is 3.25. The highest BCUT2D eigenvalue weighted by Gasteiger charge is 2.51. The maximum absolute atomic E-state index is 12.8. The fourth-order valence-corrected chi connectivity index (χ4v) is 8.21. The van der Waals surface area contributed by atoms with Crippen molar-refractivity contribution in [3.8, 4) is 0 Å². The molecule has 0 aromatic heterocycles. The van der Waals surface area contributed by atoms with Crippen LogP contribution < -0.4 is 0 Å². The minimum atomic E-state index is -5.12. The number of ether oxygens (including phenoxy) is 2. The second kappa shape index (κ2) is 38.3. The smallest absolute Gasteiger partial charge is 0.462 e. The SMILES string of the molecule is CCCC/C=C/C/C=C/CCCCCCCC(=O)O[C@@H](COC(=O)CCCCCCCCCCC/C=C/CCCCCCCC)COP(=O)(O)OC1C(O)C(O)C(O)[C@H](O)C1O. The molecule has 14 heteroatoms. The zero-order valence-electron chi connectivity index (χ0n) is 38.4. The molecule has 0 aromatic carbocycles. The maximum Gasteiger partial charge on any atom is 0.472 e. The molecule has 0 spiro atoms. The van der Waals surface area contributed by atoms with Crippen molar-refractivity contribution in [2.45, 2.75) is 243 Å². The monoisotopic (exact) mass is 903 g/mol. The molecular formula is C48H87O13P. The van der Waals surface area contributed by atoms with Crippen LogP contribution in [0.3, 0.4) is 0 Å². The molecule has 1 aliphatic rings. The summed E-state index contributed by atoms with van der Waals surface area (Å²) in [5.74, 6) is -1.11. The Morgan fingerprint density at radius 1 is 0.500 bits per heavy atom. The summed E-state index contributed by atoms with van der Waals surface area (Å²) in [7, 11) is -5.12. The van der Waals surface area contributed by atoms with Gasteiger partial charge in [0.15, 0.2) is 6.10 Å². The molecule has 62 heavy (non-hydrogen) atoms. The summed E-state index contributed by atoms with van der Waals surface area (Å²) in [5.41, 5.74) is 0. The fourth-order valence-electron chi connectivity index (χ4n) is 7.24. The van der Waals surface area contributed by atoms with E-state index in [1.807, 2.05) is 0 Å². The Morgan fingerprint density at radius 3 is 1.37 bits per heavy atom. The van der Waals surface area contributed by atoms with Gasteiger partial charge >= 0.3 is 19.8 Å². The van der Waals surface area contributed by atoms with Gasteiger partial charge in [0.05, 0.1) is 6.61 Å². The van der Waals surface area contributed by atoms with Crippen molar-refractivity contribution in [2.24, 2.45) is 0 Å². The number of aliphatic hydroxyl groups excluding tert-OH is 5. The molecule has 0 amide bonds. The molecule has 1 aliphatic carbocycles. The topological polar surface area (TPSA) is 210 Å². The van der Waals surface area contributed by atoms with E-state index in [1.54, 1.807) is 0 Å². The van der Waals surface area contributed by atoms with Crippen molar-refractivity contribution >= 4 is 19.8 Å². The molecule has 6 N–H and O–H groups in total. The Balaban J connectivity index is 2.42. The van der Waals surface area contributed by atoms with E-state index in [0.29, 0.717) is 12.8 Å². The lowest BCUT2D eigenvalue weighted by molar-refractivity contribution is -0.220. The van der Waals surface area contributed by atoms with E-state index >= 15 is 0 Å². The van der Waals surface area contributed by atoms with Gasteiger partial charge in [-0.3, -0.25) is 18.6 Å². The van der Waals surface area contributed by atoms with Gasteiger partial charge in [-0.25, -0.2) is 4.57 Å². The first kappa shape index (κ1) is 58.1. The number of carbonyl (C=O) groups is 2. The predicted octanol–water partition coefficient (Wildman–Crippen LogP) is 9.78. The molecule has 0 saturated heterocycles. The number of carbonyl (C=O) groups excluding carboxylic acids is 2. The van der Waals surface area contributed by atoms with E-state index in [9.17, 15) is 44.6 Å². The number of phosphoric acid groups is 1. The minimum Gasteiger partial charge on any atom is -0.462 e. The first-order valence-electron chi connectivity index (χ1n) is 24.3. The third-order valence-electron chi connectivity index (χ3n) is 11.2. The lowest BCUT2D eigenvalue weighted by atomic mass is 9.85. The van der Waals surface area contributed by atoms with Crippen LogP contribution in [0.15, 0.2) is 36.5 Å². The molecule has 1 rings (SSSR count). The first-order chi connectivity index (χ1) is 29.9. The van der Waals surface area contributed by atoms with Gasteiger partial charge < -0.3 is 39.9 Å². The number of esters is 2. The van der Waals surface area contributed by atoms with E-state index < -0.39 is 75.7 Å². The van der Waals surface area contributed by atoms with Gasteiger partial charge in [-0.2, -0.15) is 0 Å². The molecule has 362 valence electrons. The van der Waals surface area contributed by atoms with E-state index in [0.717, 1.165) is 70.6 Å². The molecule has 0 heterocycles. The van der Waals surface area contributed by atoms with Crippen LogP contribution in [0.4, 0.5) is 0 Å². The van der Waals surface area contributed by atoms with Crippen LogP contribution in [0.25, 0.3) is 0 Å². The van der Waals surface area contributed by atoms with Gasteiger partial charge in [-0.1, -0.05) is 159 Å². The molecular weight excluding hydrogens is 815 g/mol. The van der Waals surface area contributed by atoms with Crippen LogP contribution in [0.2, 0.25) is 0 Å². The number of unbranched alkanes of at least 4 members (excludes halogenated alkanes) is 22. The Labute approximate surface area is 374 Å². The van der Waals surface area contributed by atoms with Crippen molar-refractivity contribution < 1.29 is 63.1 Å². The average Bonchev–Trinajstić information content (AvgIpc) is 3.25.